The van der Waals surface area contributed by atoms with Gasteiger partial charge < -0.3 is 9.64 Å². The summed E-state index contributed by atoms with van der Waals surface area (Å²) in [5.74, 6) is 0. The van der Waals surface area contributed by atoms with E-state index in [0.29, 0.717) is 25.2 Å². The van der Waals surface area contributed by atoms with Crippen LogP contribution in [0.15, 0.2) is 30.3 Å². The molecule has 1 unspecified atom stereocenters. The van der Waals surface area contributed by atoms with Crippen molar-refractivity contribution in [2.45, 2.75) is 33.4 Å². The van der Waals surface area contributed by atoms with Gasteiger partial charge in [-0.05, 0) is 32.9 Å². The van der Waals surface area contributed by atoms with Gasteiger partial charge in [-0.25, -0.2) is 4.98 Å². The van der Waals surface area contributed by atoms with Crippen molar-refractivity contribution < 1.29 is 9.66 Å². The zero-order valence-electron chi connectivity index (χ0n) is 16.3. The maximum absolute atomic E-state index is 11.4. The van der Waals surface area contributed by atoms with E-state index in [-0.39, 0.29) is 16.7 Å². The molecule has 0 N–H and O–H groups in total. The molecule has 3 aromatic rings. The van der Waals surface area contributed by atoms with E-state index in [9.17, 15) is 10.1 Å². The molecule has 0 radical (unpaired) electrons. The Kier molecular flexibility index (Phi) is 4.72. The van der Waals surface area contributed by atoms with Crippen LogP contribution in [0.4, 0.5) is 11.4 Å². The van der Waals surface area contributed by atoms with Gasteiger partial charge in [0.05, 0.1) is 29.9 Å². The number of para-hydroxylation sites is 1. The minimum absolute atomic E-state index is 0.00558. The van der Waals surface area contributed by atoms with Gasteiger partial charge in [0.2, 0.25) is 0 Å². The molecule has 2 aromatic heterocycles. The molecule has 0 saturated carbocycles. The van der Waals surface area contributed by atoms with Crippen LogP contribution < -0.4 is 4.90 Å². The summed E-state index contributed by atoms with van der Waals surface area (Å²) in [6.07, 6.45) is -0.00558. The smallest absolute Gasteiger partial charge is 0.295 e. The van der Waals surface area contributed by atoms with Crippen LogP contribution in [0, 0.1) is 30.9 Å². The van der Waals surface area contributed by atoms with E-state index < -0.39 is 0 Å². The van der Waals surface area contributed by atoms with Crippen LogP contribution in [-0.4, -0.2) is 45.5 Å². The lowest BCUT2D eigenvalue weighted by Gasteiger charge is -2.35. The summed E-state index contributed by atoms with van der Waals surface area (Å²) in [7, 11) is 0. The first-order valence-electron chi connectivity index (χ1n) is 9.35. The number of nitrogens with zero attached hydrogens (tertiary/aromatic N) is 5. The van der Waals surface area contributed by atoms with Gasteiger partial charge in [-0.15, -0.1) is 0 Å². The molecule has 146 valence electrons. The Hall–Kier alpha value is -3.00. The lowest BCUT2D eigenvalue weighted by molar-refractivity contribution is -0.383. The van der Waals surface area contributed by atoms with E-state index in [1.54, 1.807) is 6.07 Å². The molecule has 0 bridgehead atoms. The highest BCUT2D eigenvalue weighted by Gasteiger charge is 2.25. The van der Waals surface area contributed by atoms with Gasteiger partial charge in [0.15, 0.2) is 5.52 Å². The Balaban J connectivity index is 1.66. The van der Waals surface area contributed by atoms with E-state index in [0.717, 1.165) is 34.7 Å². The topological polar surface area (TPSA) is 86.3 Å². The molecule has 1 aromatic carbocycles. The standard InChI is InChI=1S/C20H23N5O3/c1-13-10-19(17-5-4-6-18(25(26)27)20(17)21-13)23-7-8-28-16(11-23)12-24-15(3)9-14(2)22-24/h4-6,9-10,16H,7-8,11-12H2,1-3H3. The predicted octanol–water partition coefficient (Wildman–Crippen LogP) is 3.17. The van der Waals surface area contributed by atoms with E-state index in [2.05, 4.69) is 21.0 Å². The Morgan fingerprint density at radius 3 is 2.79 bits per heavy atom. The Morgan fingerprint density at radius 1 is 1.25 bits per heavy atom. The van der Waals surface area contributed by atoms with E-state index in [4.69, 9.17) is 4.74 Å². The van der Waals surface area contributed by atoms with Crippen LogP contribution in [0.1, 0.15) is 17.1 Å². The van der Waals surface area contributed by atoms with Crippen molar-refractivity contribution in [3.05, 3.63) is 57.5 Å². The average molecular weight is 381 g/mol. The number of pyridine rings is 1. The molecule has 0 aliphatic carbocycles. The number of anilines is 1. The Labute approximate surface area is 162 Å². The number of aryl methyl sites for hydroxylation is 3. The number of non-ortho nitro benzene ring substituents is 1. The van der Waals surface area contributed by atoms with Gasteiger partial charge in [-0.1, -0.05) is 12.1 Å². The molecule has 1 fully saturated rings. The highest BCUT2D eigenvalue weighted by molar-refractivity contribution is 5.97. The summed E-state index contributed by atoms with van der Waals surface area (Å²) >= 11 is 0. The number of aromatic nitrogens is 3. The van der Waals surface area contributed by atoms with Crippen LogP contribution in [0.2, 0.25) is 0 Å². The van der Waals surface area contributed by atoms with Gasteiger partial charge in [-0.3, -0.25) is 14.8 Å². The zero-order valence-corrected chi connectivity index (χ0v) is 16.3. The van der Waals surface area contributed by atoms with Gasteiger partial charge in [0, 0.05) is 41.6 Å². The maximum atomic E-state index is 11.4. The highest BCUT2D eigenvalue weighted by Crippen LogP contribution is 2.33. The third-order valence-electron chi connectivity index (χ3n) is 5.08. The zero-order chi connectivity index (χ0) is 19.8. The summed E-state index contributed by atoms with van der Waals surface area (Å²) in [5, 5.41) is 16.8. The summed E-state index contributed by atoms with van der Waals surface area (Å²) in [5.41, 5.74) is 4.30. The molecule has 28 heavy (non-hydrogen) atoms. The van der Waals surface area contributed by atoms with Gasteiger partial charge in [-0.2, -0.15) is 5.10 Å². The van der Waals surface area contributed by atoms with Crippen LogP contribution in [0.5, 0.6) is 0 Å². The number of ether oxygens (including phenoxy) is 1. The first-order chi connectivity index (χ1) is 13.4. The summed E-state index contributed by atoms with van der Waals surface area (Å²) < 4.78 is 7.95. The van der Waals surface area contributed by atoms with Crippen molar-refractivity contribution in [3.8, 4) is 0 Å². The molecule has 1 atom stereocenters. The number of nitro benzene ring substituents is 1. The van der Waals surface area contributed by atoms with Crippen molar-refractivity contribution in [2.75, 3.05) is 24.6 Å². The lowest BCUT2D eigenvalue weighted by atomic mass is 10.1. The van der Waals surface area contributed by atoms with Crippen molar-refractivity contribution >= 4 is 22.3 Å². The minimum Gasteiger partial charge on any atom is -0.373 e. The van der Waals surface area contributed by atoms with E-state index in [1.165, 1.54) is 6.07 Å². The van der Waals surface area contributed by atoms with Crippen LogP contribution in [-0.2, 0) is 11.3 Å². The molecule has 0 amide bonds. The first-order valence-corrected chi connectivity index (χ1v) is 9.35. The van der Waals surface area contributed by atoms with Crippen molar-refractivity contribution in [1.29, 1.82) is 0 Å². The van der Waals surface area contributed by atoms with E-state index in [1.807, 2.05) is 37.6 Å². The quantitative estimate of drug-likeness (QED) is 0.510. The predicted molar refractivity (Wildman–Crippen MR) is 107 cm³/mol. The number of hydrogen-bond donors (Lipinski definition) is 0. The third kappa shape index (κ3) is 3.43. The fraction of sp³-hybridized carbons (Fsp3) is 0.400. The molecule has 3 heterocycles. The molecule has 8 nitrogen and oxygen atoms in total. The lowest BCUT2D eigenvalue weighted by Crippen LogP contribution is -2.44. The minimum atomic E-state index is -0.372. The summed E-state index contributed by atoms with van der Waals surface area (Å²) in [6, 6.07) is 9.17. The highest BCUT2D eigenvalue weighted by atomic mass is 16.6. The molecule has 1 aliphatic rings. The number of rotatable bonds is 4. The number of morpholine rings is 1. The number of nitro groups is 1. The van der Waals surface area contributed by atoms with Gasteiger partial charge in [0.25, 0.3) is 5.69 Å². The molecule has 1 aliphatic heterocycles. The largest absolute Gasteiger partial charge is 0.373 e. The number of benzene rings is 1. The average Bonchev–Trinajstić information content (AvgIpc) is 2.97. The van der Waals surface area contributed by atoms with Crippen LogP contribution in [0.3, 0.4) is 0 Å². The van der Waals surface area contributed by atoms with Crippen LogP contribution >= 0.6 is 0 Å². The number of fused-ring (bicyclic) bond motifs is 1. The maximum Gasteiger partial charge on any atom is 0.295 e. The third-order valence-corrected chi connectivity index (χ3v) is 5.08. The Morgan fingerprint density at radius 2 is 2.07 bits per heavy atom. The van der Waals surface area contributed by atoms with Crippen molar-refractivity contribution in [3.63, 3.8) is 0 Å². The number of hydrogen-bond acceptors (Lipinski definition) is 6. The second-order valence-electron chi connectivity index (χ2n) is 7.26. The molecule has 1 saturated heterocycles. The fourth-order valence-corrected chi connectivity index (χ4v) is 3.85. The molecule has 4 rings (SSSR count). The molecule has 8 heteroatoms. The summed E-state index contributed by atoms with van der Waals surface area (Å²) in [6.45, 7) is 8.60. The fourth-order valence-electron chi connectivity index (χ4n) is 3.85. The normalized spacial score (nSPS) is 17.2. The van der Waals surface area contributed by atoms with Crippen molar-refractivity contribution in [2.24, 2.45) is 0 Å². The Bertz CT molecular complexity index is 1050. The second kappa shape index (κ2) is 7.20. The molecular formula is C20H23N5O3. The molecular weight excluding hydrogens is 358 g/mol. The van der Waals surface area contributed by atoms with E-state index >= 15 is 0 Å². The van der Waals surface area contributed by atoms with Gasteiger partial charge >= 0.3 is 0 Å². The van der Waals surface area contributed by atoms with Gasteiger partial charge in [0.1, 0.15) is 0 Å². The van der Waals surface area contributed by atoms with Crippen molar-refractivity contribution in [1.82, 2.24) is 14.8 Å². The molecule has 0 spiro atoms. The van der Waals surface area contributed by atoms with Crippen LogP contribution in [0.25, 0.3) is 10.9 Å². The second-order valence-corrected chi connectivity index (χ2v) is 7.26. The SMILES string of the molecule is Cc1cc(N2CCOC(Cn3nc(C)cc3C)C2)c2cccc([N+](=O)[O-])c2n1. The summed E-state index contributed by atoms with van der Waals surface area (Å²) in [4.78, 5) is 17.7. The monoisotopic (exact) mass is 381 g/mol. The first kappa shape index (κ1) is 18.4.